The summed E-state index contributed by atoms with van der Waals surface area (Å²) in [5.74, 6) is 0.114. The molecule has 0 unspecified atom stereocenters. The first kappa shape index (κ1) is 24.6. The van der Waals surface area contributed by atoms with Gasteiger partial charge in [0, 0.05) is 35.0 Å². The molecule has 174 valence electrons. The molecule has 0 aliphatic carbocycles. The average molecular weight is 448 g/mol. The smallest absolute Gasteiger partial charge is 0.317 e. The molecule has 0 aliphatic rings. The number of rotatable bonds is 10. The van der Waals surface area contributed by atoms with Gasteiger partial charge in [-0.15, -0.1) is 0 Å². The topological polar surface area (TPSA) is 80.2 Å². The van der Waals surface area contributed by atoms with Crippen molar-refractivity contribution in [1.29, 1.82) is 0 Å². The number of aryl methyl sites for hydroxylation is 1. The molecule has 9 heteroatoms. The zero-order chi connectivity index (χ0) is 23.7. The van der Waals surface area contributed by atoms with Crippen LogP contribution in [0.4, 0.5) is 14.6 Å². The third kappa shape index (κ3) is 7.26. The Morgan fingerprint density at radius 2 is 2.16 bits per heavy atom. The van der Waals surface area contributed by atoms with Gasteiger partial charge in [0.15, 0.2) is 6.61 Å². The molecule has 0 bridgehead atoms. The van der Waals surface area contributed by atoms with Gasteiger partial charge in [0.05, 0.1) is 11.3 Å². The van der Waals surface area contributed by atoms with Crippen molar-refractivity contribution in [2.45, 2.75) is 27.2 Å². The van der Waals surface area contributed by atoms with Crippen LogP contribution in [0.5, 0.6) is 6.01 Å². The van der Waals surface area contributed by atoms with Gasteiger partial charge < -0.3 is 15.0 Å². The average Bonchev–Trinajstić information content (AvgIpc) is 2.77. The second kappa shape index (κ2) is 11.7. The van der Waals surface area contributed by atoms with E-state index in [0.29, 0.717) is 17.1 Å². The molecule has 2 rings (SSSR count). The minimum Gasteiger partial charge on any atom is -0.457 e. The van der Waals surface area contributed by atoms with Gasteiger partial charge >= 0.3 is 6.01 Å². The number of hydrogen-bond acceptors (Lipinski definition) is 6. The first-order valence-corrected chi connectivity index (χ1v) is 9.98. The molecule has 0 radical (unpaired) electrons. The molecular formula is C23H31F2N5O2. The molecule has 2 aromatic rings. The van der Waals surface area contributed by atoms with Crippen LogP contribution >= 0.6 is 0 Å². The maximum atomic E-state index is 12.5. The van der Waals surface area contributed by atoms with E-state index in [4.69, 9.17) is 4.74 Å². The van der Waals surface area contributed by atoms with Gasteiger partial charge in [-0.2, -0.15) is 4.98 Å². The van der Waals surface area contributed by atoms with E-state index in [9.17, 15) is 13.6 Å². The molecule has 0 fully saturated rings. The molecule has 2 heterocycles. The number of allylic oxidation sites excluding steroid dienone is 1. The molecule has 0 saturated carbocycles. The largest absolute Gasteiger partial charge is 0.457 e. The predicted octanol–water partition coefficient (Wildman–Crippen LogP) is 4.84. The Labute approximate surface area is 189 Å². The van der Waals surface area contributed by atoms with Crippen LogP contribution in [0.1, 0.15) is 33.5 Å². The summed E-state index contributed by atoms with van der Waals surface area (Å²) in [7, 11) is 1.87. The van der Waals surface area contributed by atoms with Crippen LogP contribution in [0.2, 0.25) is 0 Å². The van der Waals surface area contributed by atoms with Crippen LogP contribution in [0.3, 0.4) is 0 Å². The van der Waals surface area contributed by atoms with E-state index >= 15 is 0 Å². The molecule has 1 N–H and O–H groups in total. The van der Waals surface area contributed by atoms with E-state index in [2.05, 4.69) is 26.8 Å². The van der Waals surface area contributed by atoms with Gasteiger partial charge in [-0.1, -0.05) is 12.7 Å². The zero-order valence-electron chi connectivity index (χ0n) is 18.6. The third-order valence-electron chi connectivity index (χ3n) is 4.48. The normalized spacial score (nSPS) is 12.0. The number of amides is 1. The number of anilines is 1. The fourth-order valence-electron chi connectivity index (χ4n) is 2.58. The molecule has 1 amide bonds. The number of hydrogen-bond donors (Lipinski definition) is 1. The van der Waals surface area contributed by atoms with Gasteiger partial charge in [-0.25, -0.2) is 18.7 Å². The number of ether oxygens (including phenoxy) is 1. The van der Waals surface area contributed by atoms with Crippen molar-refractivity contribution in [2.24, 2.45) is 0 Å². The van der Waals surface area contributed by atoms with Crippen molar-refractivity contribution in [1.82, 2.24) is 19.9 Å². The van der Waals surface area contributed by atoms with E-state index in [1.54, 1.807) is 24.5 Å². The van der Waals surface area contributed by atoms with E-state index < -0.39 is 13.0 Å². The summed E-state index contributed by atoms with van der Waals surface area (Å²) in [4.78, 5) is 26.7. The maximum absolute atomic E-state index is 12.5. The van der Waals surface area contributed by atoms with Gasteiger partial charge in [0.2, 0.25) is 0 Å². The summed E-state index contributed by atoms with van der Waals surface area (Å²) in [6.07, 6.45) is 5.56. The van der Waals surface area contributed by atoms with E-state index in [1.165, 1.54) is 12.3 Å². The van der Waals surface area contributed by atoms with Crippen molar-refractivity contribution in [3.8, 4) is 6.01 Å². The molecule has 0 aliphatic heterocycles. The second-order valence-electron chi connectivity index (χ2n) is 7.00. The van der Waals surface area contributed by atoms with Crippen LogP contribution in [0, 0.1) is 6.92 Å². The van der Waals surface area contributed by atoms with Crippen molar-refractivity contribution in [3.05, 3.63) is 65.8 Å². The second-order valence-corrected chi connectivity index (χ2v) is 7.00. The van der Waals surface area contributed by atoms with Crippen LogP contribution in [-0.2, 0) is 4.79 Å². The molecule has 32 heavy (non-hydrogen) atoms. The summed E-state index contributed by atoms with van der Waals surface area (Å²) in [6, 6.07) is 3.32. The Balaban J connectivity index is 0.00000544. The quantitative estimate of drug-likeness (QED) is 0.415. The highest BCUT2D eigenvalue weighted by molar-refractivity contribution is 6.05. The van der Waals surface area contributed by atoms with Crippen LogP contribution in [0.15, 0.2) is 49.0 Å². The van der Waals surface area contributed by atoms with Crippen molar-refractivity contribution in [2.75, 3.05) is 25.5 Å². The number of aromatic nitrogens is 3. The van der Waals surface area contributed by atoms with E-state index in [1.807, 2.05) is 38.8 Å². The predicted molar refractivity (Wildman–Crippen MR) is 125 cm³/mol. The summed E-state index contributed by atoms with van der Waals surface area (Å²) >= 11 is 0. The summed E-state index contributed by atoms with van der Waals surface area (Å²) in [5, 5.41) is 2.77. The summed E-state index contributed by atoms with van der Waals surface area (Å²) in [6.45, 7) is 9.39. The van der Waals surface area contributed by atoms with Crippen LogP contribution in [-0.4, -0.2) is 52.4 Å². The molecule has 0 saturated heterocycles. The number of nitrogens with one attached hydrogen (secondary N) is 1. The Kier molecular flexibility index (Phi) is 9.00. The molecule has 0 aromatic carbocycles. The monoisotopic (exact) mass is 447 g/mol. The zero-order valence-corrected chi connectivity index (χ0v) is 18.6. The lowest BCUT2D eigenvalue weighted by molar-refractivity contribution is -0.112. The Morgan fingerprint density at radius 1 is 1.41 bits per heavy atom. The fourth-order valence-corrected chi connectivity index (χ4v) is 2.58. The number of carbonyl (C=O) groups is 1. The molecular weight excluding hydrogens is 416 g/mol. The number of carbonyl (C=O) groups excluding carboxylic acids is 1. The van der Waals surface area contributed by atoms with E-state index in [0.717, 1.165) is 23.2 Å². The lowest BCUT2D eigenvalue weighted by Gasteiger charge is -2.13. The highest BCUT2D eigenvalue weighted by Gasteiger charge is 2.10. The van der Waals surface area contributed by atoms with Gasteiger partial charge in [-0.05, 0) is 55.7 Å². The third-order valence-corrected chi connectivity index (χ3v) is 4.48. The summed E-state index contributed by atoms with van der Waals surface area (Å²) < 4.78 is 29.5. The van der Waals surface area contributed by atoms with Crippen molar-refractivity contribution < 1.29 is 21.2 Å². The first-order valence-electron chi connectivity index (χ1n) is 9.98. The van der Waals surface area contributed by atoms with E-state index in [-0.39, 0.29) is 14.8 Å². The first-order chi connectivity index (χ1) is 15.2. The Hall–Kier alpha value is -3.62. The number of pyridine rings is 1. The fraction of sp³-hybridized carbons (Fsp3) is 0.304. The Bertz CT molecular complexity index is 1030. The SMILES string of the molecule is C=C/C(=C\N(C)CC)C(=O)Nc1cc(C)c(/C=C(\C)c2ccnc(OCC(F)F)n2)cn1.[HH].[HH]. The Morgan fingerprint density at radius 3 is 2.78 bits per heavy atom. The standard InChI is InChI=1S/C23H27F2N5O2.2H2/c1-6-17(13-30(5)7-2)22(31)29-21-11-15(3)18(12-27-21)10-16(4)19-8-9-26-23(28-19)32-14-20(24)25;;/h6,8-13,20H,1,7,14H2,2-5H3,(H,27,29,31);2*1H/b16-10+,17-13+;;. The number of alkyl halides is 2. The number of nitrogens with zero attached hydrogens (tertiary/aromatic N) is 4. The molecule has 7 nitrogen and oxygen atoms in total. The molecule has 0 atom stereocenters. The van der Waals surface area contributed by atoms with Crippen LogP contribution < -0.4 is 10.1 Å². The molecule has 2 aromatic heterocycles. The highest BCUT2D eigenvalue weighted by atomic mass is 19.3. The van der Waals surface area contributed by atoms with Gasteiger partial charge in [0.1, 0.15) is 5.82 Å². The van der Waals surface area contributed by atoms with Crippen molar-refractivity contribution in [3.63, 3.8) is 0 Å². The minimum atomic E-state index is -2.60. The van der Waals surface area contributed by atoms with Crippen molar-refractivity contribution >= 4 is 23.4 Å². The lowest BCUT2D eigenvalue weighted by Crippen LogP contribution is -2.18. The van der Waals surface area contributed by atoms with Gasteiger partial charge in [-0.3, -0.25) is 4.79 Å². The minimum absolute atomic E-state index is 0. The lowest BCUT2D eigenvalue weighted by atomic mass is 10.1. The van der Waals surface area contributed by atoms with Crippen LogP contribution in [0.25, 0.3) is 11.6 Å². The highest BCUT2D eigenvalue weighted by Crippen LogP contribution is 2.21. The number of halogens is 2. The summed E-state index contributed by atoms with van der Waals surface area (Å²) in [5.41, 5.74) is 3.45. The van der Waals surface area contributed by atoms with Gasteiger partial charge in [0.25, 0.3) is 12.3 Å². The maximum Gasteiger partial charge on any atom is 0.317 e. The molecule has 0 spiro atoms.